The van der Waals surface area contributed by atoms with Crippen molar-refractivity contribution in [2.45, 2.75) is 32.2 Å². The van der Waals surface area contributed by atoms with Gasteiger partial charge >= 0.3 is 0 Å². The third kappa shape index (κ3) is 3.56. The fraction of sp³-hybridized carbons (Fsp3) is 0.318. The van der Waals surface area contributed by atoms with Crippen LogP contribution in [-0.2, 0) is 16.1 Å². The standard InChI is InChI=1S/C22H21N3O5/c26-20(16-10-12-17(13-11-16)25(29)30)23(14-15-6-2-1-3-7-15)24-21(27)18-8-4-5-9-19(18)22(24)28/h1-3,6-7,10-13,18-19H,4-5,8-9,14H2/t18-,19-/m1/s1. The second-order valence-corrected chi connectivity index (χ2v) is 7.64. The molecule has 2 aromatic carbocycles. The van der Waals surface area contributed by atoms with Gasteiger partial charge in [0.05, 0.1) is 23.3 Å². The Bertz CT molecular complexity index is 966. The number of rotatable bonds is 5. The van der Waals surface area contributed by atoms with E-state index in [9.17, 15) is 24.5 Å². The van der Waals surface area contributed by atoms with Gasteiger partial charge in [0, 0.05) is 17.7 Å². The van der Waals surface area contributed by atoms with E-state index in [0.29, 0.717) is 12.8 Å². The molecule has 1 heterocycles. The van der Waals surface area contributed by atoms with Gasteiger partial charge in [-0.1, -0.05) is 43.2 Å². The molecule has 2 fully saturated rings. The molecule has 0 N–H and O–H groups in total. The van der Waals surface area contributed by atoms with E-state index >= 15 is 0 Å². The zero-order valence-electron chi connectivity index (χ0n) is 16.3. The van der Waals surface area contributed by atoms with Crippen LogP contribution in [0.2, 0.25) is 0 Å². The van der Waals surface area contributed by atoms with Gasteiger partial charge in [-0.25, -0.2) is 5.01 Å². The molecular formula is C22H21N3O5. The summed E-state index contributed by atoms with van der Waals surface area (Å²) in [6, 6.07) is 14.3. The van der Waals surface area contributed by atoms with Crippen LogP contribution in [0.4, 0.5) is 5.69 Å². The quantitative estimate of drug-likeness (QED) is 0.430. The van der Waals surface area contributed by atoms with Crippen molar-refractivity contribution in [3.8, 4) is 0 Å². The second kappa shape index (κ2) is 8.06. The predicted octanol–water partition coefficient (Wildman–Crippen LogP) is 3.33. The molecule has 2 atom stereocenters. The molecule has 0 unspecified atom stereocenters. The number of hydrogen-bond acceptors (Lipinski definition) is 5. The van der Waals surface area contributed by atoms with Gasteiger partial charge in [0.2, 0.25) is 0 Å². The van der Waals surface area contributed by atoms with Crippen LogP contribution < -0.4 is 0 Å². The first kappa shape index (κ1) is 19.8. The molecule has 0 spiro atoms. The summed E-state index contributed by atoms with van der Waals surface area (Å²) in [4.78, 5) is 49.9. The lowest BCUT2D eigenvalue weighted by Crippen LogP contribution is -2.49. The minimum atomic E-state index is -0.547. The lowest BCUT2D eigenvalue weighted by atomic mass is 9.81. The molecule has 2 aromatic rings. The van der Waals surface area contributed by atoms with E-state index in [-0.39, 0.29) is 41.4 Å². The number of carbonyl (C=O) groups is 3. The third-order valence-electron chi connectivity index (χ3n) is 5.79. The van der Waals surface area contributed by atoms with Crippen LogP contribution in [0.15, 0.2) is 54.6 Å². The Balaban J connectivity index is 1.69. The lowest BCUT2D eigenvalue weighted by Gasteiger charge is -2.30. The maximum Gasteiger partial charge on any atom is 0.273 e. The lowest BCUT2D eigenvalue weighted by molar-refractivity contribution is -0.384. The number of nitro groups is 1. The van der Waals surface area contributed by atoms with E-state index in [4.69, 9.17) is 0 Å². The SMILES string of the molecule is O=C(c1ccc([N+](=O)[O-])cc1)N(Cc1ccccc1)N1C(=O)[C@@H]2CCCC[C@H]2C1=O. The zero-order chi connectivity index (χ0) is 21.3. The molecule has 2 aliphatic rings. The van der Waals surface area contributed by atoms with Crippen molar-refractivity contribution in [2.75, 3.05) is 0 Å². The summed E-state index contributed by atoms with van der Waals surface area (Å²) in [5.41, 5.74) is 0.802. The molecule has 0 radical (unpaired) electrons. The second-order valence-electron chi connectivity index (χ2n) is 7.64. The first-order chi connectivity index (χ1) is 14.5. The van der Waals surface area contributed by atoms with Gasteiger partial charge in [-0.3, -0.25) is 24.5 Å². The third-order valence-corrected chi connectivity index (χ3v) is 5.79. The summed E-state index contributed by atoms with van der Waals surface area (Å²) in [7, 11) is 0. The Morgan fingerprint density at radius 2 is 1.53 bits per heavy atom. The molecule has 1 saturated carbocycles. The Morgan fingerprint density at radius 1 is 0.967 bits per heavy atom. The van der Waals surface area contributed by atoms with Crippen molar-refractivity contribution >= 4 is 23.4 Å². The number of fused-ring (bicyclic) bond motifs is 1. The Kier molecular flexibility index (Phi) is 5.31. The van der Waals surface area contributed by atoms with Crippen molar-refractivity contribution in [2.24, 2.45) is 11.8 Å². The van der Waals surface area contributed by atoms with E-state index in [1.165, 1.54) is 29.3 Å². The molecule has 4 rings (SSSR count). The highest BCUT2D eigenvalue weighted by Gasteiger charge is 2.51. The van der Waals surface area contributed by atoms with Gasteiger partial charge < -0.3 is 0 Å². The maximum absolute atomic E-state index is 13.3. The predicted molar refractivity (Wildman–Crippen MR) is 107 cm³/mol. The largest absolute Gasteiger partial charge is 0.273 e. The molecule has 8 heteroatoms. The van der Waals surface area contributed by atoms with Gasteiger partial charge in [0.25, 0.3) is 23.4 Å². The molecule has 1 aliphatic carbocycles. The number of benzene rings is 2. The molecular weight excluding hydrogens is 386 g/mol. The first-order valence-electron chi connectivity index (χ1n) is 9.95. The van der Waals surface area contributed by atoms with Crippen LogP contribution >= 0.6 is 0 Å². The monoisotopic (exact) mass is 407 g/mol. The molecule has 3 amide bonds. The van der Waals surface area contributed by atoms with Crippen LogP contribution in [0.5, 0.6) is 0 Å². The normalized spacial score (nSPS) is 20.7. The van der Waals surface area contributed by atoms with Crippen molar-refractivity contribution in [1.29, 1.82) is 0 Å². The summed E-state index contributed by atoms with van der Waals surface area (Å²) in [5, 5.41) is 13.1. The van der Waals surface area contributed by atoms with E-state index in [2.05, 4.69) is 0 Å². The minimum absolute atomic E-state index is 0.0492. The smallest absolute Gasteiger partial charge is 0.272 e. The summed E-state index contributed by atoms with van der Waals surface area (Å²) in [5.74, 6) is -1.98. The van der Waals surface area contributed by atoms with Gasteiger partial charge in [-0.2, -0.15) is 5.01 Å². The van der Waals surface area contributed by atoms with Crippen molar-refractivity contribution in [3.05, 3.63) is 75.8 Å². The fourth-order valence-corrected chi connectivity index (χ4v) is 4.25. The number of hydrogen-bond donors (Lipinski definition) is 0. The number of carbonyl (C=O) groups excluding carboxylic acids is 3. The molecule has 154 valence electrons. The highest BCUT2D eigenvalue weighted by molar-refractivity contribution is 6.07. The number of imide groups is 1. The number of nitrogens with zero attached hydrogens (tertiary/aromatic N) is 3. The van der Waals surface area contributed by atoms with Crippen molar-refractivity contribution in [3.63, 3.8) is 0 Å². The molecule has 1 aliphatic heterocycles. The highest BCUT2D eigenvalue weighted by Crippen LogP contribution is 2.39. The van der Waals surface area contributed by atoms with Gasteiger partial charge in [-0.05, 0) is 30.5 Å². The number of nitro benzene ring substituents is 1. The van der Waals surface area contributed by atoms with Crippen LogP contribution in [0, 0.1) is 22.0 Å². The van der Waals surface area contributed by atoms with Crippen molar-refractivity contribution in [1.82, 2.24) is 10.0 Å². The highest BCUT2D eigenvalue weighted by atomic mass is 16.6. The van der Waals surface area contributed by atoms with E-state index in [1.807, 2.05) is 30.3 Å². The Morgan fingerprint density at radius 3 is 2.07 bits per heavy atom. The fourth-order valence-electron chi connectivity index (χ4n) is 4.25. The van der Waals surface area contributed by atoms with E-state index in [1.54, 1.807) is 0 Å². The average Bonchev–Trinajstić information content (AvgIpc) is 3.03. The van der Waals surface area contributed by atoms with Gasteiger partial charge in [-0.15, -0.1) is 0 Å². The molecule has 0 aromatic heterocycles. The molecule has 30 heavy (non-hydrogen) atoms. The average molecular weight is 407 g/mol. The topological polar surface area (TPSA) is 101 Å². The first-order valence-corrected chi connectivity index (χ1v) is 9.95. The molecule has 8 nitrogen and oxygen atoms in total. The summed E-state index contributed by atoms with van der Waals surface area (Å²) < 4.78 is 0. The number of amides is 3. The Labute approximate surface area is 173 Å². The van der Waals surface area contributed by atoms with Gasteiger partial charge in [0.1, 0.15) is 0 Å². The summed E-state index contributed by atoms with van der Waals surface area (Å²) in [6.45, 7) is 0.0492. The van der Waals surface area contributed by atoms with Crippen LogP contribution in [0.3, 0.4) is 0 Å². The van der Waals surface area contributed by atoms with Crippen LogP contribution in [0.25, 0.3) is 0 Å². The summed E-state index contributed by atoms with van der Waals surface area (Å²) >= 11 is 0. The number of non-ortho nitro benzene ring substituents is 1. The molecule has 0 bridgehead atoms. The van der Waals surface area contributed by atoms with Gasteiger partial charge in [0.15, 0.2) is 0 Å². The van der Waals surface area contributed by atoms with E-state index < -0.39 is 10.8 Å². The summed E-state index contributed by atoms with van der Waals surface area (Å²) in [6.07, 6.45) is 3.08. The Hall–Kier alpha value is -3.55. The van der Waals surface area contributed by atoms with Crippen LogP contribution in [-0.4, -0.2) is 32.7 Å². The molecule has 1 saturated heterocycles. The van der Waals surface area contributed by atoms with E-state index in [0.717, 1.165) is 23.4 Å². The zero-order valence-corrected chi connectivity index (χ0v) is 16.3. The minimum Gasteiger partial charge on any atom is -0.272 e. The maximum atomic E-state index is 13.3. The number of hydrazine groups is 1. The van der Waals surface area contributed by atoms with Crippen molar-refractivity contribution < 1.29 is 19.3 Å². The van der Waals surface area contributed by atoms with Crippen LogP contribution in [0.1, 0.15) is 41.6 Å².